The third-order valence-electron chi connectivity index (χ3n) is 3.67. The van der Waals surface area contributed by atoms with Gasteiger partial charge in [0.2, 0.25) is 10.0 Å². The van der Waals surface area contributed by atoms with Gasteiger partial charge >= 0.3 is 0 Å². The fourth-order valence-electron chi connectivity index (χ4n) is 2.06. The van der Waals surface area contributed by atoms with Gasteiger partial charge in [-0.3, -0.25) is 0 Å². The Morgan fingerprint density at radius 3 is 2.52 bits per heavy atom. The van der Waals surface area contributed by atoms with E-state index in [1.165, 1.54) is 22.7 Å². The summed E-state index contributed by atoms with van der Waals surface area (Å²) in [5, 5.41) is 3.46. The van der Waals surface area contributed by atoms with Gasteiger partial charge in [0.15, 0.2) is 0 Å². The topological polar surface area (TPSA) is 49.4 Å². The Morgan fingerprint density at radius 1 is 1.29 bits per heavy atom. The van der Waals surface area contributed by atoms with Gasteiger partial charge in [0.1, 0.15) is 0 Å². The van der Waals surface area contributed by atoms with E-state index in [0.717, 1.165) is 24.8 Å². The third kappa shape index (κ3) is 4.98. The summed E-state index contributed by atoms with van der Waals surface area (Å²) in [7, 11) is -1.71. The summed E-state index contributed by atoms with van der Waals surface area (Å²) in [5.41, 5.74) is 1.17. The second-order valence-corrected chi connectivity index (χ2v) is 8.47. The molecule has 21 heavy (non-hydrogen) atoms. The zero-order chi connectivity index (χ0) is 15.3. The first-order chi connectivity index (χ1) is 10.0. The monoisotopic (exact) mass is 328 g/mol. The van der Waals surface area contributed by atoms with E-state index in [4.69, 9.17) is 0 Å². The molecule has 6 heteroatoms. The lowest BCUT2D eigenvalue weighted by Crippen LogP contribution is -2.29. The Kier molecular flexibility index (Phi) is 6.10. The molecule has 1 fully saturated rings. The molecular formula is C15H24N2O2S2. The maximum atomic E-state index is 12.4. The molecule has 1 aromatic rings. The molecule has 1 aliphatic carbocycles. The summed E-state index contributed by atoms with van der Waals surface area (Å²) in [5.74, 6) is 0.806. The van der Waals surface area contributed by atoms with Crippen molar-refractivity contribution in [1.82, 2.24) is 9.62 Å². The minimum absolute atomic E-state index is 0.380. The molecule has 0 amide bonds. The van der Waals surface area contributed by atoms with Gasteiger partial charge in [-0.25, -0.2) is 12.7 Å². The van der Waals surface area contributed by atoms with Crippen molar-refractivity contribution in [3.63, 3.8) is 0 Å². The van der Waals surface area contributed by atoms with Gasteiger partial charge in [0.25, 0.3) is 0 Å². The Hall–Kier alpha value is -0.560. The van der Waals surface area contributed by atoms with Crippen molar-refractivity contribution >= 4 is 21.8 Å². The van der Waals surface area contributed by atoms with Gasteiger partial charge < -0.3 is 5.32 Å². The van der Waals surface area contributed by atoms with Crippen LogP contribution in [0.1, 0.15) is 18.4 Å². The van der Waals surface area contributed by atoms with Crippen molar-refractivity contribution in [2.24, 2.45) is 0 Å². The normalized spacial score (nSPS) is 15.6. The molecule has 118 valence electrons. The number of rotatable bonds is 9. The molecule has 1 saturated carbocycles. The van der Waals surface area contributed by atoms with Crippen LogP contribution < -0.4 is 5.32 Å². The lowest BCUT2D eigenvalue weighted by molar-refractivity contribution is 0.488. The van der Waals surface area contributed by atoms with E-state index in [9.17, 15) is 8.42 Å². The van der Waals surface area contributed by atoms with Gasteiger partial charge in [0, 0.05) is 25.4 Å². The molecule has 0 aromatic heterocycles. The second kappa shape index (κ2) is 7.63. The zero-order valence-electron chi connectivity index (χ0n) is 12.7. The Morgan fingerprint density at radius 2 is 1.95 bits per heavy atom. The van der Waals surface area contributed by atoms with Gasteiger partial charge in [-0.1, -0.05) is 12.1 Å². The van der Waals surface area contributed by atoms with Gasteiger partial charge in [-0.2, -0.15) is 11.8 Å². The Balaban J connectivity index is 1.92. The molecule has 0 atom stereocenters. The van der Waals surface area contributed by atoms with Crippen molar-refractivity contribution in [2.45, 2.75) is 30.2 Å². The maximum absolute atomic E-state index is 12.4. The van der Waals surface area contributed by atoms with E-state index < -0.39 is 10.0 Å². The number of hydrogen-bond donors (Lipinski definition) is 1. The lowest BCUT2D eigenvalue weighted by atomic mass is 10.1. The van der Waals surface area contributed by atoms with E-state index >= 15 is 0 Å². The second-order valence-electron chi connectivity index (χ2n) is 5.44. The average Bonchev–Trinajstić information content (AvgIpc) is 3.29. The highest BCUT2D eigenvalue weighted by atomic mass is 32.2. The molecule has 0 radical (unpaired) electrons. The fraction of sp³-hybridized carbons (Fsp3) is 0.600. The third-order valence-corrected chi connectivity index (χ3v) is 6.13. The molecule has 0 unspecified atom stereocenters. The molecule has 2 rings (SSSR count). The van der Waals surface area contributed by atoms with Crippen molar-refractivity contribution in [2.75, 3.05) is 32.1 Å². The minimum atomic E-state index is -3.35. The van der Waals surface area contributed by atoms with E-state index in [0.29, 0.717) is 11.4 Å². The quantitative estimate of drug-likeness (QED) is 0.753. The highest BCUT2D eigenvalue weighted by Gasteiger charge is 2.21. The summed E-state index contributed by atoms with van der Waals surface area (Å²) in [4.78, 5) is 0.380. The largest absolute Gasteiger partial charge is 0.314 e. The van der Waals surface area contributed by atoms with Crippen molar-refractivity contribution in [1.29, 1.82) is 0 Å². The van der Waals surface area contributed by atoms with Crippen LogP contribution in [0.25, 0.3) is 0 Å². The molecule has 0 saturated heterocycles. The Bertz CT molecular complexity index is 539. The van der Waals surface area contributed by atoms with Crippen LogP contribution in [0.3, 0.4) is 0 Å². The first kappa shape index (κ1) is 16.8. The van der Waals surface area contributed by atoms with Crippen molar-refractivity contribution < 1.29 is 8.42 Å². The summed E-state index contributed by atoms with van der Waals surface area (Å²) in [6.07, 6.45) is 5.50. The number of hydrogen-bond acceptors (Lipinski definition) is 4. The molecule has 1 aromatic carbocycles. The first-order valence-electron chi connectivity index (χ1n) is 7.31. The number of nitrogens with one attached hydrogen (secondary N) is 1. The van der Waals surface area contributed by atoms with Crippen LogP contribution in [0.5, 0.6) is 0 Å². The number of thioether (sulfide) groups is 1. The van der Waals surface area contributed by atoms with E-state index in [1.54, 1.807) is 30.9 Å². The van der Waals surface area contributed by atoms with Gasteiger partial charge in [-0.15, -0.1) is 0 Å². The SMILES string of the molecule is CSCCN(C)S(=O)(=O)c1ccc(CCNC2CC2)cc1. The van der Waals surface area contributed by atoms with Crippen LogP contribution in [0.2, 0.25) is 0 Å². The average molecular weight is 329 g/mol. The van der Waals surface area contributed by atoms with Gasteiger partial charge in [-0.05, 0) is 49.8 Å². The van der Waals surface area contributed by atoms with E-state index in [-0.39, 0.29) is 0 Å². The summed E-state index contributed by atoms with van der Waals surface area (Å²) >= 11 is 1.65. The Labute approximate surface area is 132 Å². The van der Waals surface area contributed by atoms with Crippen LogP contribution in [-0.4, -0.2) is 50.9 Å². The lowest BCUT2D eigenvalue weighted by Gasteiger charge is -2.16. The van der Waals surface area contributed by atoms with Crippen LogP contribution >= 0.6 is 11.8 Å². The van der Waals surface area contributed by atoms with Crippen molar-refractivity contribution in [3.8, 4) is 0 Å². The number of sulfonamides is 1. The summed E-state index contributed by atoms with van der Waals surface area (Å²) < 4.78 is 26.2. The van der Waals surface area contributed by atoms with Crippen LogP contribution in [0.15, 0.2) is 29.2 Å². The number of nitrogens with zero attached hydrogens (tertiary/aromatic N) is 1. The highest BCUT2D eigenvalue weighted by Crippen LogP contribution is 2.19. The molecule has 0 heterocycles. The maximum Gasteiger partial charge on any atom is 0.242 e. The van der Waals surface area contributed by atoms with E-state index in [2.05, 4.69) is 5.32 Å². The van der Waals surface area contributed by atoms with Gasteiger partial charge in [0.05, 0.1) is 4.90 Å². The summed E-state index contributed by atoms with van der Waals surface area (Å²) in [6, 6.07) is 8.00. The van der Waals surface area contributed by atoms with E-state index in [1.807, 2.05) is 18.4 Å². The molecule has 0 bridgehead atoms. The van der Waals surface area contributed by atoms with Crippen molar-refractivity contribution in [3.05, 3.63) is 29.8 Å². The molecular weight excluding hydrogens is 304 g/mol. The number of benzene rings is 1. The van der Waals surface area contributed by atoms with Crippen LogP contribution in [0, 0.1) is 0 Å². The molecule has 0 aliphatic heterocycles. The molecule has 0 spiro atoms. The smallest absolute Gasteiger partial charge is 0.242 e. The molecule has 4 nitrogen and oxygen atoms in total. The predicted octanol–water partition coefficient (Wildman–Crippen LogP) is 1.96. The molecule has 1 aliphatic rings. The first-order valence-corrected chi connectivity index (χ1v) is 10.1. The van der Waals surface area contributed by atoms with Crippen LogP contribution in [-0.2, 0) is 16.4 Å². The highest BCUT2D eigenvalue weighted by molar-refractivity contribution is 7.98. The standard InChI is InChI=1S/C15H24N2O2S2/c1-17(11-12-20-2)21(18,19)15-7-3-13(4-8-15)9-10-16-14-5-6-14/h3-4,7-8,14,16H,5-6,9-12H2,1-2H3. The fourth-order valence-corrected chi connectivity index (χ4v) is 3.80. The predicted molar refractivity (Wildman–Crippen MR) is 89.4 cm³/mol. The molecule has 1 N–H and O–H groups in total. The zero-order valence-corrected chi connectivity index (χ0v) is 14.3. The summed E-state index contributed by atoms with van der Waals surface area (Å²) in [6.45, 7) is 1.50. The van der Waals surface area contributed by atoms with Crippen LogP contribution in [0.4, 0.5) is 0 Å². The minimum Gasteiger partial charge on any atom is -0.314 e.